The lowest BCUT2D eigenvalue weighted by Gasteiger charge is -2.21. The van der Waals surface area contributed by atoms with Crippen LogP contribution >= 0.6 is 0 Å². The van der Waals surface area contributed by atoms with Crippen molar-refractivity contribution in [2.24, 2.45) is 5.73 Å². The summed E-state index contributed by atoms with van der Waals surface area (Å²) in [7, 11) is 0. The minimum Gasteiger partial charge on any atom is -0.480 e. The summed E-state index contributed by atoms with van der Waals surface area (Å²) < 4.78 is 0. The van der Waals surface area contributed by atoms with Gasteiger partial charge in [-0.05, 0) is 25.0 Å². The second-order valence-electron chi connectivity index (χ2n) is 3.39. The van der Waals surface area contributed by atoms with Crippen molar-refractivity contribution in [1.29, 1.82) is 0 Å². The molecule has 1 heterocycles. The zero-order valence-corrected chi connectivity index (χ0v) is 8.32. The summed E-state index contributed by atoms with van der Waals surface area (Å²) in [5, 5.41) is 8.96. The van der Waals surface area contributed by atoms with Crippen molar-refractivity contribution < 1.29 is 9.90 Å². The highest BCUT2D eigenvalue weighted by molar-refractivity contribution is 5.80. The predicted octanol–water partition coefficient (Wildman–Crippen LogP) is 0.903. The maximum Gasteiger partial charge on any atom is 0.328 e. The predicted molar refractivity (Wildman–Crippen MR) is 52.8 cm³/mol. The lowest BCUT2D eigenvalue weighted by Crippen LogP contribution is -2.42. The minimum atomic E-state index is -1.36. The van der Waals surface area contributed by atoms with Crippen LogP contribution in [0.25, 0.3) is 0 Å². The lowest BCUT2D eigenvalue weighted by molar-refractivity contribution is -0.143. The Morgan fingerprint density at radius 3 is 2.86 bits per heavy atom. The standard InChI is InChI=1S/C10H14N2O2/c1-3-7-4-5-12-6-8(7)10(2,11)9(13)14/h4-6H,3,11H2,1-2H3,(H,13,14). The van der Waals surface area contributed by atoms with Crippen LogP contribution in [0.5, 0.6) is 0 Å². The third-order valence-corrected chi connectivity index (χ3v) is 2.30. The Kier molecular flexibility index (Phi) is 2.86. The van der Waals surface area contributed by atoms with Crippen LogP contribution in [0.1, 0.15) is 25.0 Å². The van der Waals surface area contributed by atoms with E-state index in [1.807, 2.05) is 6.92 Å². The Morgan fingerprint density at radius 2 is 2.36 bits per heavy atom. The van der Waals surface area contributed by atoms with Gasteiger partial charge in [0.25, 0.3) is 0 Å². The van der Waals surface area contributed by atoms with E-state index in [9.17, 15) is 4.79 Å². The molecule has 0 aliphatic carbocycles. The number of rotatable bonds is 3. The molecular formula is C10H14N2O2. The third kappa shape index (κ3) is 1.75. The Hall–Kier alpha value is -1.42. The van der Waals surface area contributed by atoms with Crippen LogP contribution in [0.2, 0.25) is 0 Å². The highest BCUT2D eigenvalue weighted by atomic mass is 16.4. The van der Waals surface area contributed by atoms with Crippen molar-refractivity contribution in [1.82, 2.24) is 4.98 Å². The van der Waals surface area contributed by atoms with Crippen molar-refractivity contribution in [3.8, 4) is 0 Å². The number of aromatic nitrogens is 1. The number of nitrogens with zero attached hydrogens (tertiary/aromatic N) is 1. The maximum absolute atomic E-state index is 10.9. The Morgan fingerprint density at radius 1 is 1.71 bits per heavy atom. The summed E-state index contributed by atoms with van der Waals surface area (Å²) in [4.78, 5) is 14.8. The normalized spacial score (nSPS) is 14.8. The van der Waals surface area contributed by atoms with Gasteiger partial charge in [-0.3, -0.25) is 4.98 Å². The van der Waals surface area contributed by atoms with Crippen molar-refractivity contribution >= 4 is 5.97 Å². The van der Waals surface area contributed by atoms with Gasteiger partial charge in [-0.25, -0.2) is 4.79 Å². The van der Waals surface area contributed by atoms with E-state index >= 15 is 0 Å². The van der Waals surface area contributed by atoms with Crippen LogP contribution in [0.4, 0.5) is 0 Å². The molecule has 4 heteroatoms. The number of hydrogen-bond acceptors (Lipinski definition) is 3. The molecule has 0 aliphatic rings. The average molecular weight is 194 g/mol. The van der Waals surface area contributed by atoms with E-state index in [0.29, 0.717) is 5.56 Å². The molecule has 0 saturated carbocycles. The molecule has 0 amide bonds. The van der Waals surface area contributed by atoms with Gasteiger partial charge in [0, 0.05) is 18.0 Å². The highest BCUT2D eigenvalue weighted by Crippen LogP contribution is 2.21. The fraction of sp³-hybridized carbons (Fsp3) is 0.400. The van der Waals surface area contributed by atoms with Gasteiger partial charge in [-0.15, -0.1) is 0 Å². The first-order valence-corrected chi connectivity index (χ1v) is 4.45. The van der Waals surface area contributed by atoms with Gasteiger partial charge in [0.15, 0.2) is 0 Å². The second-order valence-corrected chi connectivity index (χ2v) is 3.39. The minimum absolute atomic E-state index is 0.579. The van der Waals surface area contributed by atoms with E-state index in [1.165, 1.54) is 13.1 Å². The number of pyridine rings is 1. The van der Waals surface area contributed by atoms with Crippen molar-refractivity contribution in [3.63, 3.8) is 0 Å². The van der Waals surface area contributed by atoms with Crippen molar-refractivity contribution in [2.45, 2.75) is 25.8 Å². The molecule has 76 valence electrons. The molecule has 0 radical (unpaired) electrons. The number of aryl methyl sites for hydroxylation is 1. The van der Waals surface area contributed by atoms with Crippen LogP contribution < -0.4 is 5.73 Å². The zero-order valence-electron chi connectivity index (χ0n) is 8.32. The maximum atomic E-state index is 10.9. The Bertz CT molecular complexity index is 348. The first-order chi connectivity index (χ1) is 6.50. The van der Waals surface area contributed by atoms with Gasteiger partial charge in [0.05, 0.1) is 0 Å². The number of carboxylic acid groups (broad SMARTS) is 1. The molecule has 14 heavy (non-hydrogen) atoms. The monoisotopic (exact) mass is 194 g/mol. The van der Waals surface area contributed by atoms with E-state index in [0.717, 1.165) is 12.0 Å². The van der Waals surface area contributed by atoms with Gasteiger partial charge in [-0.1, -0.05) is 6.92 Å². The first-order valence-electron chi connectivity index (χ1n) is 4.45. The smallest absolute Gasteiger partial charge is 0.328 e. The summed E-state index contributed by atoms with van der Waals surface area (Å²) in [6, 6.07) is 1.80. The van der Waals surface area contributed by atoms with Gasteiger partial charge >= 0.3 is 5.97 Å². The summed E-state index contributed by atoms with van der Waals surface area (Å²) in [5.74, 6) is -1.04. The highest BCUT2D eigenvalue weighted by Gasteiger charge is 2.32. The van der Waals surface area contributed by atoms with Gasteiger partial charge in [-0.2, -0.15) is 0 Å². The molecule has 0 aliphatic heterocycles. The molecule has 1 rings (SSSR count). The molecule has 4 nitrogen and oxygen atoms in total. The molecular weight excluding hydrogens is 180 g/mol. The van der Waals surface area contributed by atoms with E-state index in [4.69, 9.17) is 10.8 Å². The van der Waals surface area contributed by atoms with Gasteiger partial charge in [0.1, 0.15) is 5.54 Å². The molecule has 0 bridgehead atoms. The van der Waals surface area contributed by atoms with E-state index < -0.39 is 11.5 Å². The fourth-order valence-corrected chi connectivity index (χ4v) is 1.31. The fourth-order valence-electron chi connectivity index (χ4n) is 1.31. The summed E-state index contributed by atoms with van der Waals surface area (Å²) >= 11 is 0. The van der Waals surface area contributed by atoms with Crippen LogP contribution in [0.15, 0.2) is 18.5 Å². The summed E-state index contributed by atoms with van der Waals surface area (Å²) in [6.07, 6.45) is 3.91. The lowest BCUT2D eigenvalue weighted by atomic mass is 9.90. The first kappa shape index (κ1) is 10.7. The van der Waals surface area contributed by atoms with E-state index in [2.05, 4.69) is 4.98 Å². The molecule has 0 saturated heterocycles. The van der Waals surface area contributed by atoms with Crippen LogP contribution in [0.3, 0.4) is 0 Å². The molecule has 1 aromatic rings. The van der Waals surface area contributed by atoms with Crippen LogP contribution in [-0.2, 0) is 16.8 Å². The topological polar surface area (TPSA) is 76.2 Å². The molecule has 0 fully saturated rings. The largest absolute Gasteiger partial charge is 0.480 e. The molecule has 3 N–H and O–H groups in total. The van der Waals surface area contributed by atoms with E-state index in [1.54, 1.807) is 12.3 Å². The quantitative estimate of drug-likeness (QED) is 0.749. The van der Waals surface area contributed by atoms with Crippen LogP contribution in [0, 0.1) is 0 Å². The molecule has 0 spiro atoms. The van der Waals surface area contributed by atoms with Crippen molar-refractivity contribution in [3.05, 3.63) is 29.6 Å². The summed E-state index contributed by atoms with van der Waals surface area (Å²) in [5.41, 5.74) is 5.86. The Labute approximate surface area is 82.8 Å². The molecule has 1 unspecified atom stereocenters. The Balaban J connectivity index is 3.24. The summed E-state index contributed by atoms with van der Waals surface area (Å²) in [6.45, 7) is 3.43. The molecule has 1 atom stereocenters. The van der Waals surface area contributed by atoms with Gasteiger partial charge in [0.2, 0.25) is 0 Å². The zero-order chi connectivity index (χ0) is 10.8. The SMILES string of the molecule is CCc1ccncc1C(C)(N)C(=O)O. The van der Waals surface area contributed by atoms with Gasteiger partial charge < -0.3 is 10.8 Å². The molecule has 0 aromatic carbocycles. The van der Waals surface area contributed by atoms with Crippen LogP contribution in [-0.4, -0.2) is 16.1 Å². The van der Waals surface area contributed by atoms with Crippen molar-refractivity contribution in [2.75, 3.05) is 0 Å². The number of carbonyl (C=O) groups is 1. The second kappa shape index (κ2) is 3.75. The molecule has 1 aromatic heterocycles. The number of aliphatic carboxylic acids is 1. The number of hydrogen-bond donors (Lipinski definition) is 2. The third-order valence-electron chi connectivity index (χ3n) is 2.30. The average Bonchev–Trinajstić information content (AvgIpc) is 2.17. The number of nitrogens with two attached hydrogens (primary N) is 1. The van der Waals surface area contributed by atoms with E-state index in [-0.39, 0.29) is 0 Å². The number of carboxylic acids is 1.